The number of fused-ring (bicyclic) bond motifs is 2. The fourth-order valence-corrected chi connectivity index (χ4v) is 3.17. The van der Waals surface area contributed by atoms with E-state index in [4.69, 9.17) is 4.42 Å². The molecule has 0 unspecified atom stereocenters. The maximum atomic E-state index is 13.7. The number of hydrogen-bond donors (Lipinski definition) is 2. The van der Waals surface area contributed by atoms with Gasteiger partial charge < -0.3 is 9.73 Å². The predicted molar refractivity (Wildman–Crippen MR) is 84.6 cm³/mol. The number of halogens is 1. The molecule has 0 radical (unpaired) electrons. The lowest BCUT2D eigenvalue weighted by atomic mass is 9.89. The van der Waals surface area contributed by atoms with Gasteiger partial charge in [0.1, 0.15) is 5.76 Å². The molecule has 2 aromatic heterocycles. The highest BCUT2D eigenvalue weighted by Crippen LogP contribution is 2.27. The van der Waals surface area contributed by atoms with Crippen molar-refractivity contribution in [3.63, 3.8) is 0 Å². The van der Waals surface area contributed by atoms with Gasteiger partial charge in [0.2, 0.25) is 5.91 Å². The Morgan fingerprint density at radius 1 is 1.42 bits per heavy atom. The number of furan rings is 1. The predicted octanol–water partition coefficient (Wildman–Crippen LogP) is 2.67. The third-order valence-electron chi connectivity index (χ3n) is 4.54. The van der Waals surface area contributed by atoms with Crippen molar-refractivity contribution in [1.82, 2.24) is 20.7 Å². The smallest absolute Gasteiger partial charge is 0.224 e. The quantitative estimate of drug-likeness (QED) is 0.774. The summed E-state index contributed by atoms with van der Waals surface area (Å²) in [6.07, 6.45) is 2.07. The summed E-state index contributed by atoms with van der Waals surface area (Å²) in [6, 6.07) is 6.21. The molecule has 2 heterocycles. The van der Waals surface area contributed by atoms with Gasteiger partial charge in [-0.25, -0.2) is 4.39 Å². The number of H-pyrrole nitrogens is 1. The molecular weight excluding hydrogens is 311 g/mol. The van der Waals surface area contributed by atoms with Crippen molar-refractivity contribution in [2.45, 2.75) is 32.2 Å². The molecule has 24 heavy (non-hydrogen) atoms. The second-order valence-electron chi connectivity index (χ2n) is 6.19. The van der Waals surface area contributed by atoms with Crippen LogP contribution in [-0.4, -0.2) is 21.3 Å². The molecule has 0 spiro atoms. The van der Waals surface area contributed by atoms with E-state index in [0.717, 1.165) is 24.2 Å². The Morgan fingerprint density at radius 2 is 2.25 bits per heavy atom. The summed E-state index contributed by atoms with van der Waals surface area (Å²) in [7, 11) is 0. The molecule has 4 rings (SSSR count). The van der Waals surface area contributed by atoms with Crippen LogP contribution in [0.25, 0.3) is 11.0 Å². The maximum absolute atomic E-state index is 13.7. The van der Waals surface area contributed by atoms with Gasteiger partial charge in [-0.2, -0.15) is 15.4 Å². The van der Waals surface area contributed by atoms with Gasteiger partial charge in [0, 0.05) is 17.7 Å². The minimum atomic E-state index is -0.400. The number of rotatable bonds is 3. The molecule has 1 aliphatic rings. The number of aryl methyl sites for hydroxylation is 1. The first-order valence-electron chi connectivity index (χ1n) is 7.98. The molecule has 2 N–H and O–H groups in total. The van der Waals surface area contributed by atoms with Crippen LogP contribution < -0.4 is 5.32 Å². The van der Waals surface area contributed by atoms with Crippen LogP contribution in [0.15, 0.2) is 28.7 Å². The van der Waals surface area contributed by atoms with E-state index in [0.29, 0.717) is 17.6 Å². The van der Waals surface area contributed by atoms with Gasteiger partial charge in [-0.15, -0.1) is 0 Å². The molecule has 0 saturated carbocycles. The number of carbonyl (C=O) groups excluding carboxylic acids is 1. The van der Waals surface area contributed by atoms with E-state index >= 15 is 0 Å². The van der Waals surface area contributed by atoms with E-state index in [1.807, 2.05) is 6.92 Å². The SMILES string of the molecule is C[C@@H](NC(=O)[C@@H]1CCc2n[nH]nc2C1)c1cc2cccc(F)c2o1. The van der Waals surface area contributed by atoms with Crippen LogP contribution in [0.2, 0.25) is 0 Å². The Labute approximate surface area is 137 Å². The number of amides is 1. The molecule has 2 atom stereocenters. The molecule has 0 bridgehead atoms. The lowest BCUT2D eigenvalue weighted by Gasteiger charge is -2.21. The number of aromatic nitrogens is 3. The molecular formula is C17H17FN4O2. The van der Waals surface area contributed by atoms with E-state index in [1.54, 1.807) is 18.2 Å². The highest BCUT2D eigenvalue weighted by Gasteiger charge is 2.28. The van der Waals surface area contributed by atoms with Gasteiger partial charge in [0.25, 0.3) is 0 Å². The summed E-state index contributed by atoms with van der Waals surface area (Å²) in [5.74, 6) is -0.0345. The second kappa shape index (κ2) is 5.74. The van der Waals surface area contributed by atoms with Crippen LogP contribution in [0, 0.1) is 11.7 Å². The minimum absolute atomic E-state index is 0.0444. The van der Waals surface area contributed by atoms with Crippen LogP contribution >= 0.6 is 0 Å². The number of aromatic amines is 1. The van der Waals surface area contributed by atoms with Crippen LogP contribution in [-0.2, 0) is 17.6 Å². The summed E-state index contributed by atoms with van der Waals surface area (Å²) in [4.78, 5) is 12.5. The van der Waals surface area contributed by atoms with Crippen molar-refractivity contribution in [2.24, 2.45) is 5.92 Å². The lowest BCUT2D eigenvalue weighted by molar-refractivity contribution is -0.126. The molecule has 6 nitrogen and oxygen atoms in total. The Morgan fingerprint density at radius 3 is 3.08 bits per heavy atom. The summed E-state index contributed by atoms with van der Waals surface area (Å²) in [5, 5.41) is 14.4. The first-order chi connectivity index (χ1) is 11.6. The van der Waals surface area contributed by atoms with Gasteiger partial charge >= 0.3 is 0 Å². The van der Waals surface area contributed by atoms with E-state index in [1.165, 1.54) is 6.07 Å². The van der Waals surface area contributed by atoms with Crippen molar-refractivity contribution in [2.75, 3.05) is 0 Å². The Kier molecular flexibility index (Phi) is 3.55. The van der Waals surface area contributed by atoms with Crippen LogP contribution in [0.5, 0.6) is 0 Å². The van der Waals surface area contributed by atoms with Crippen LogP contribution in [0.3, 0.4) is 0 Å². The standard InChI is InChI=1S/C17H17FN4O2/c1-9(15-8-10-3-2-4-12(18)16(10)24-15)19-17(23)11-5-6-13-14(7-11)21-22-20-13/h2-4,8-9,11H,5-7H2,1H3,(H,19,23)(H,20,21,22)/t9-,11-/m1/s1. The fourth-order valence-electron chi connectivity index (χ4n) is 3.17. The summed E-state index contributed by atoms with van der Waals surface area (Å²) >= 11 is 0. The molecule has 124 valence electrons. The van der Waals surface area contributed by atoms with Crippen molar-refractivity contribution < 1.29 is 13.6 Å². The molecule has 1 amide bonds. The first kappa shape index (κ1) is 14.9. The largest absolute Gasteiger partial charge is 0.456 e. The Hall–Kier alpha value is -2.70. The monoisotopic (exact) mass is 328 g/mol. The number of nitrogens with one attached hydrogen (secondary N) is 2. The molecule has 0 aliphatic heterocycles. The maximum Gasteiger partial charge on any atom is 0.224 e. The zero-order valence-electron chi connectivity index (χ0n) is 13.2. The van der Waals surface area contributed by atoms with E-state index in [9.17, 15) is 9.18 Å². The number of hydrogen-bond acceptors (Lipinski definition) is 4. The molecule has 0 fully saturated rings. The zero-order valence-corrected chi connectivity index (χ0v) is 13.2. The zero-order chi connectivity index (χ0) is 16.7. The topological polar surface area (TPSA) is 83.8 Å². The van der Waals surface area contributed by atoms with Gasteiger partial charge in [0.15, 0.2) is 11.4 Å². The van der Waals surface area contributed by atoms with E-state index in [2.05, 4.69) is 20.7 Å². The number of carbonyl (C=O) groups is 1. The van der Waals surface area contributed by atoms with Crippen molar-refractivity contribution in [3.8, 4) is 0 Å². The van der Waals surface area contributed by atoms with Crippen LogP contribution in [0.4, 0.5) is 4.39 Å². The molecule has 7 heteroatoms. The average molecular weight is 328 g/mol. The summed E-state index contributed by atoms with van der Waals surface area (Å²) in [6.45, 7) is 1.83. The van der Waals surface area contributed by atoms with Gasteiger partial charge in [-0.05, 0) is 31.9 Å². The Balaban J connectivity index is 1.48. The third-order valence-corrected chi connectivity index (χ3v) is 4.54. The molecule has 1 aliphatic carbocycles. The van der Waals surface area contributed by atoms with Crippen molar-refractivity contribution in [3.05, 3.63) is 47.2 Å². The molecule has 3 aromatic rings. The number of nitrogens with zero attached hydrogens (tertiary/aromatic N) is 2. The third kappa shape index (κ3) is 2.55. The second-order valence-corrected chi connectivity index (χ2v) is 6.19. The number of benzene rings is 1. The first-order valence-corrected chi connectivity index (χ1v) is 7.98. The summed E-state index contributed by atoms with van der Waals surface area (Å²) in [5.41, 5.74) is 2.03. The highest BCUT2D eigenvalue weighted by atomic mass is 19.1. The lowest BCUT2D eigenvalue weighted by Crippen LogP contribution is -2.35. The van der Waals surface area contributed by atoms with Gasteiger partial charge in [-0.1, -0.05) is 12.1 Å². The molecule has 0 saturated heterocycles. The Bertz CT molecular complexity index is 901. The highest BCUT2D eigenvalue weighted by molar-refractivity contribution is 5.81. The van der Waals surface area contributed by atoms with E-state index in [-0.39, 0.29) is 23.4 Å². The van der Waals surface area contributed by atoms with E-state index < -0.39 is 5.82 Å². The van der Waals surface area contributed by atoms with Crippen molar-refractivity contribution >= 4 is 16.9 Å². The van der Waals surface area contributed by atoms with Gasteiger partial charge in [0.05, 0.1) is 17.4 Å². The number of para-hydroxylation sites is 1. The summed E-state index contributed by atoms with van der Waals surface area (Å²) < 4.78 is 19.3. The fraction of sp³-hybridized carbons (Fsp3) is 0.353. The van der Waals surface area contributed by atoms with Crippen molar-refractivity contribution in [1.29, 1.82) is 0 Å². The normalized spacial score (nSPS) is 18.3. The van der Waals surface area contributed by atoms with Crippen LogP contribution in [0.1, 0.15) is 36.5 Å². The minimum Gasteiger partial charge on any atom is -0.456 e. The molecule has 1 aromatic carbocycles. The average Bonchev–Trinajstić information content (AvgIpc) is 3.21. The van der Waals surface area contributed by atoms with Gasteiger partial charge in [-0.3, -0.25) is 4.79 Å².